The average Bonchev–Trinajstić information content (AvgIpc) is 2.93. The average molecular weight is 275 g/mol. The SMILES string of the molecule is CCC(CC)(CO)CNC(=O)C1Cc2ccccc2C1. The highest BCUT2D eigenvalue weighted by atomic mass is 16.3. The summed E-state index contributed by atoms with van der Waals surface area (Å²) in [4.78, 5) is 12.3. The number of aliphatic hydroxyl groups excluding tert-OH is 1. The quantitative estimate of drug-likeness (QED) is 0.837. The largest absolute Gasteiger partial charge is 0.396 e. The van der Waals surface area contributed by atoms with Crippen molar-refractivity contribution in [1.82, 2.24) is 5.32 Å². The van der Waals surface area contributed by atoms with E-state index in [2.05, 4.69) is 31.3 Å². The minimum absolute atomic E-state index is 0.0532. The van der Waals surface area contributed by atoms with Gasteiger partial charge in [-0.15, -0.1) is 0 Å². The van der Waals surface area contributed by atoms with Crippen LogP contribution in [0, 0.1) is 11.3 Å². The third-order valence-electron chi connectivity index (χ3n) is 4.89. The van der Waals surface area contributed by atoms with E-state index in [9.17, 15) is 9.90 Å². The van der Waals surface area contributed by atoms with E-state index in [1.165, 1.54) is 11.1 Å². The van der Waals surface area contributed by atoms with Gasteiger partial charge in [-0.1, -0.05) is 38.1 Å². The molecule has 0 heterocycles. The van der Waals surface area contributed by atoms with E-state index in [-0.39, 0.29) is 23.8 Å². The van der Waals surface area contributed by atoms with Crippen molar-refractivity contribution in [2.45, 2.75) is 39.5 Å². The Labute approximate surface area is 121 Å². The highest BCUT2D eigenvalue weighted by Crippen LogP contribution is 2.28. The number of rotatable bonds is 6. The van der Waals surface area contributed by atoms with Crippen LogP contribution in [0.15, 0.2) is 24.3 Å². The molecule has 0 spiro atoms. The minimum atomic E-state index is -0.166. The number of fused-ring (bicyclic) bond motifs is 1. The molecular weight excluding hydrogens is 250 g/mol. The van der Waals surface area contributed by atoms with E-state index in [1.54, 1.807) is 0 Å². The molecule has 0 aliphatic heterocycles. The summed E-state index contributed by atoms with van der Waals surface area (Å²) in [6.45, 7) is 4.84. The van der Waals surface area contributed by atoms with Crippen molar-refractivity contribution >= 4 is 5.91 Å². The molecule has 0 atom stereocenters. The molecule has 1 amide bonds. The van der Waals surface area contributed by atoms with Crippen LogP contribution in [0.4, 0.5) is 0 Å². The first-order chi connectivity index (χ1) is 9.64. The summed E-state index contributed by atoms with van der Waals surface area (Å²) < 4.78 is 0. The number of benzene rings is 1. The molecule has 1 aliphatic rings. The molecule has 1 aliphatic carbocycles. The third kappa shape index (κ3) is 3.04. The molecule has 0 radical (unpaired) electrons. The van der Waals surface area contributed by atoms with Gasteiger partial charge in [0.25, 0.3) is 0 Å². The van der Waals surface area contributed by atoms with Crippen molar-refractivity contribution in [3.63, 3.8) is 0 Å². The molecule has 0 saturated heterocycles. The van der Waals surface area contributed by atoms with Crippen LogP contribution >= 0.6 is 0 Å². The molecule has 2 N–H and O–H groups in total. The van der Waals surface area contributed by atoms with Gasteiger partial charge in [-0.3, -0.25) is 4.79 Å². The Bertz CT molecular complexity index is 433. The zero-order valence-electron chi connectivity index (χ0n) is 12.5. The molecule has 20 heavy (non-hydrogen) atoms. The fourth-order valence-electron chi connectivity index (χ4n) is 2.94. The maximum Gasteiger partial charge on any atom is 0.223 e. The lowest BCUT2D eigenvalue weighted by Gasteiger charge is -2.30. The smallest absolute Gasteiger partial charge is 0.223 e. The van der Waals surface area contributed by atoms with Crippen LogP contribution < -0.4 is 5.32 Å². The molecule has 0 saturated carbocycles. The van der Waals surface area contributed by atoms with E-state index in [1.807, 2.05) is 12.1 Å². The summed E-state index contributed by atoms with van der Waals surface area (Å²) in [7, 11) is 0. The highest BCUT2D eigenvalue weighted by Gasteiger charge is 2.30. The predicted octanol–water partition coefficient (Wildman–Crippen LogP) is 2.32. The summed E-state index contributed by atoms with van der Waals surface area (Å²) in [6.07, 6.45) is 3.44. The molecule has 1 aromatic rings. The molecule has 3 heteroatoms. The second kappa shape index (κ2) is 6.40. The first-order valence-corrected chi connectivity index (χ1v) is 7.59. The lowest BCUT2D eigenvalue weighted by Crippen LogP contribution is -2.42. The molecular formula is C17H25NO2. The van der Waals surface area contributed by atoms with Crippen LogP contribution in [0.5, 0.6) is 0 Å². The Morgan fingerprint density at radius 3 is 2.25 bits per heavy atom. The number of carbonyl (C=O) groups is 1. The Hall–Kier alpha value is -1.35. The van der Waals surface area contributed by atoms with Crippen LogP contribution in [0.2, 0.25) is 0 Å². The number of amides is 1. The van der Waals surface area contributed by atoms with Gasteiger partial charge in [0.05, 0.1) is 6.61 Å². The van der Waals surface area contributed by atoms with E-state index in [0.29, 0.717) is 6.54 Å². The lowest BCUT2D eigenvalue weighted by atomic mass is 9.83. The summed E-state index contributed by atoms with van der Waals surface area (Å²) in [6, 6.07) is 8.28. The number of carbonyl (C=O) groups excluding carboxylic acids is 1. The zero-order valence-corrected chi connectivity index (χ0v) is 12.5. The first-order valence-electron chi connectivity index (χ1n) is 7.59. The fourth-order valence-corrected chi connectivity index (χ4v) is 2.94. The van der Waals surface area contributed by atoms with E-state index in [0.717, 1.165) is 25.7 Å². The molecule has 3 nitrogen and oxygen atoms in total. The van der Waals surface area contributed by atoms with E-state index < -0.39 is 0 Å². The second-order valence-electron chi connectivity index (χ2n) is 5.96. The number of aliphatic hydroxyl groups is 1. The topological polar surface area (TPSA) is 49.3 Å². The van der Waals surface area contributed by atoms with Gasteiger partial charge in [0.15, 0.2) is 0 Å². The van der Waals surface area contributed by atoms with Gasteiger partial charge in [0.1, 0.15) is 0 Å². The van der Waals surface area contributed by atoms with Gasteiger partial charge in [0.2, 0.25) is 5.91 Å². The van der Waals surface area contributed by atoms with E-state index in [4.69, 9.17) is 0 Å². The molecule has 0 fully saturated rings. The Balaban J connectivity index is 1.91. The number of hydrogen-bond donors (Lipinski definition) is 2. The molecule has 0 bridgehead atoms. The van der Waals surface area contributed by atoms with Crippen molar-refractivity contribution in [1.29, 1.82) is 0 Å². The van der Waals surface area contributed by atoms with Gasteiger partial charge in [-0.25, -0.2) is 0 Å². The molecule has 0 aromatic heterocycles. The minimum Gasteiger partial charge on any atom is -0.396 e. The molecule has 1 aromatic carbocycles. The van der Waals surface area contributed by atoms with Gasteiger partial charge < -0.3 is 10.4 Å². The van der Waals surface area contributed by atoms with E-state index >= 15 is 0 Å². The Morgan fingerprint density at radius 1 is 1.25 bits per heavy atom. The lowest BCUT2D eigenvalue weighted by molar-refractivity contribution is -0.125. The Morgan fingerprint density at radius 2 is 1.80 bits per heavy atom. The third-order valence-corrected chi connectivity index (χ3v) is 4.89. The number of hydrogen-bond acceptors (Lipinski definition) is 2. The molecule has 0 unspecified atom stereocenters. The monoisotopic (exact) mass is 275 g/mol. The second-order valence-corrected chi connectivity index (χ2v) is 5.96. The standard InChI is InChI=1S/C17H25NO2/c1-3-17(4-2,12-19)11-18-16(20)15-9-13-7-5-6-8-14(13)10-15/h5-8,15,19H,3-4,9-12H2,1-2H3,(H,18,20). The van der Waals surface area contributed by atoms with Crippen molar-refractivity contribution in [2.75, 3.05) is 13.2 Å². The van der Waals surface area contributed by atoms with Crippen LogP contribution in [-0.4, -0.2) is 24.2 Å². The van der Waals surface area contributed by atoms with Gasteiger partial charge in [-0.2, -0.15) is 0 Å². The summed E-state index contributed by atoms with van der Waals surface area (Å²) in [5, 5.41) is 12.6. The molecule has 2 rings (SSSR count). The van der Waals surface area contributed by atoms with Crippen molar-refractivity contribution < 1.29 is 9.90 Å². The highest BCUT2D eigenvalue weighted by molar-refractivity contribution is 5.80. The predicted molar refractivity (Wildman–Crippen MR) is 80.5 cm³/mol. The van der Waals surface area contributed by atoms with Crippen molar-refractivity contribution in [3.05, 3.63) is 35.4 Å². The Kier molecular flexibility index (Phi) is 4.81. The van der Waals surface area contributed by atoms with Gasteiger partial charge >= 0.3 is 0 Å². The fraction of sp³-hybridized carbons (Fsp3) is 0.588. The van der Waals surface area contributed by atoms with Crippen molar-refractivity contribution in [3.8, 4) is 0 Å². The normalized spacial score (nSPS) is 15.2. The van der Waals surface area contributed by atoms with Gasteiger partial charge in [-0.05, 0) is 36.8 Å². The zero-order chi connectivity index (χ0) is 14.6. The summed E-state index contributed by atoms with van der Waals surface area (Å²) in [5.74, 6) is 0.179. The van der Waals surface area contributed by atoms with Gasteiger partial charge in [0, 0.05) is 17.9 Å². The van der Waals surface area contributed by atoms with Crippen molar-refractivity contribution in [2.24, 2.45) is 11.3 Å². The first kappa shape index (κ1) is 15.0. The molecule has 110 valence electrons. The maximum atomic E-state index is 12.3. The maximum absolute atomic E-state index is 12.3. The van der Waals surface area contributed by atoms with Crippen LogP contribution in [-0.2, 0) is 17.6 Å². The summed E-state index contributed by atoms with van der Waals surface area (Å²) >= 11 is 0. The van der Waals surface area contributed by atoms with Crippen LogP contribution in [0.1, 0.15) is 37.8 Å². The van der Waals surface area contributed by atoms with Crippen LogP contribution in [0.25, 0.3) is 0 Å². The van der Waals surface area contributed by atoms with Crippen LogP contribution in [0.3, 0.4) is 0 Å². The number of nitrogens with one attached hydrogen (secondary N) is 1. The summed E-state index contributed by atoms with van der Waals surface area (Å²) in [5.41, 5.74) is 2.43.